The van der Waals surface area contributed by atoms with E-state index in [-0.39, 0.29) is 5.57 Å². The summed E-state index contributed by atoms with van der Waals surface area (Å²) in [4.78, 5) is 11.5. The van der Waals surface area contributed by atoms with Crippen molar-refractivity contribution in [3.63, 3.8) is 0 Å². The molecule has 4 nitrogen and oxygen atoms in total. The molecule has 0 aromatic carbocycles. The number of rotatable bonds is 2. The van der Waals surface area contributed by atoms with Gasteiger partial charge in [0.05, 0.1) is 11.5 Å². The third-order valence-electron chi connectivity index (χ3n) is 0.728. The zero-order chi connectivity index (χ0) is 8.15. The van der Waals surface area contributed by atoms with Gasteiger partial charge in [0.2, 0.25) is 0 Å². The molecule has 4 heteroatoms. The van der Waals surface area contributed by atoms with Gasteiger partial charge in [-0.1, -0.05) is 0 Å². The Labute approximate surface area is 59.0 Å². The quantitative estimate of drug-likeness (QED) is 0.352. The minimum atomic E-state index is -1.45. The van der Waals surface area contributed by atoms with E-state index in [1.807, 2.05) is 0 Å². The molecule has 0 N–H and O–H groups in total. The van der Waals surface area contributed by atoms with Crippen molar-refractivity contribution < 1.29 is 9.90 Å². The summed E-state index contributed by atoms with van der Waals surface area (Å²) in [7, 11) is 3.25. The lowest BCUT2D eigenvalue weighted by Crippen LogP contribution is -2.25. The van der Waals surface area contributed by atoms with E-state index in [2.05, 4.69) is 0 Å². The molecule has 0 rings (SSSR count). The van der Waals surface area contributed by atoms with E-state index in [0.29, 0.717) is 0 Å². The molecule has 0 aromatic heterocycles. The van der Waals surface area contributed by atoms with Crippen LogP contribution in [0.15, 0.2) is 11.8 Å². The minimum absolute atomic E-state index is 0.370. The summed E-state index contributed by atoms with van der Waals surface area (Å²) >= 11 is 0. The maximum atomic E-state index is 10.0. The Kier molecular flexibility index (Phi) is 2.98. The van der Waals surface area contributed by atoms with Crippen molar-refractivity contribution in [3.8, 4) is 6.07 Å². The Hall–Kier alpha value is -1.50. The summed E-state index contributed by atoms with van der Waals surface area (Å²) in [5.41, 5.74) is -0.370. The second-order valence-electron chi connectivity index (χ2n) is 1.91. The molecule has 54 valence electrons. The zero-order valence-corrected chi connectivity index (χ0v) is 5.79. The Balaban J connectivity index is 4.39. The molecule has 10 heavy (non-hydrogen) atoms. The van der Waals surface area contributed by atoms with E-state index in [4.69, 9.17) is 5.26 Å². The van der Waals surface area contributed by atoms with Crippen LogP contribution in [0.2, 0.25) is 0 Å². The minimum Gasteiger partial charge on any atom is -0.544 e. The highest BCUT2D eigenvalue weighted by atomic mass is 16.4. The van der Waals surface area contributed by atoms with Crippen LogP contribution in [-0.4, -0.2) is 25.0 Å². The Morgan fingerprint density at radius 1 is 1.70 bits per heavy atom. The number of carbonyl (C=O) groups is 1. The predicted octanol–water partition coefficient (Wildman–Crippen LogP) is -1.29. The van der Waals surface area contributed by atoms with Crippen LogP contribution in [0.5, 0.6) is 0 Å². The molecule has 0 aliphatic carbocycles. The van der Waals surface area contributed by atoms with Gasteiger partial charge in [-0.25, -0.2) is 0 Å². The van der Waals surface area contributed by atoms with Crippen LogP contribution >= 0.6 is 0 Å². The van der Waals surface area contributed by atoms with Gasteiger partial charge in [-0.15, -0.1) is 0 Å². The first kappa shape index (κ1) is 8.50. The Morgan fingerprint density at radius 2 is 2.20 bits per heavy atom. The standard InChI is InChI=1S/C6H8N2O2/c1-8(2)4-5(3-7)6(9)10/h4H,1-2H3,(H,9,10)/p-1/b5-4+. The van der Waals surface area contributed by atoms with Crippen LogP contribution in [0.25, 0.3) is 0 Å². The summed E-state index contributed by atoms with van der Waals surface area (Å²) in [6.45, 7) is 0. The topological polar surface area (TPSA) is 67.2 Å². The molecule has 0 aromatic rings. The second-order valence-corrected chi connectivity index (χ2v) is 1.91. The van der Waals surface area contributed by atoms with Gasteiger partial charge < -0.3 is 14.8 Å². The van der Waals surface area contributed by atoms with Crippen LogP contribution in [-0.2, 0) is 4.79 Å². The van der Waals surface area contributed by atoms with Gasteiger partial charge in [0.25, 0.3) is 0 Å². The SMILES string of the molecule is CN(C)/C=C(\C#N)C(=O)[O-]. The summed E-state index contributed by atoms with van der Waals surface area (Å²) in [5, 5.41) is 18.2. The molecule has 0 saturated heterocycles. The molecule has 0 fully saturated rings. The van der Waals surface area contributed by atoms with Crippen molar-refractivity contribution >= 4 is 5.97 Å². The number of carbonyl (C=O) groups excluding carboxylic acids is 1. The molecular weight excluding hydrogens is 132 g/mol. The van der Waals surface area contributed by atoms with Gasteiger partial charge in [0, 0.05) is 20.3 Å². The highest BCUT2D eigenvalue weighted by Crippen LogP contribution is 1.90. The molecule has 0 atom stereocenters. The van der Waals surface area contributed by atoms with E-state index in [1.165, 1.54) is 17.2 Å². The van der Waals surface area contributed by atoms with Crippen LogP contribution in [0, 0.1) is 11.3 Å². The Bertz CT molecular complexity index is 200. The smallest absolute Gasteiger partial charge is 0.103 e. The first-order valence-electron chi connectivity index (χ1n) is 2.57. The van der Waals surface area contributed by atoms with Gasteiger partial charge >= 0.3 is 0 Å². The molecule has 0 heterocycles. The average molecular weight is 139 g/mol. The predicted molar refractivity (Wildman–Crippen MR) is 32.4 cm³/mol. The van der Waals surface area contributed by atoms with E-state index >= 15 is 0 Å². The first-order valence-corrected chi connectivity index (χ1v) is 2.57. The zero-order valence-electron chi connectivity index (χ0n) is 5.79. The fraction of sp³-hybridized carbons (Fsp3) is 0.333. The van der Waals surface area contributed by atoms with E-state index < -0.39 is 5.97 Å². The fourth-order valence-corrected chi connectivity index (χ4v) is 0.385. The Morgan fingerprint density at radius 3 is 2.30 bits per heavy atom. The molecule has 0 radical (unpaired) electrons. The molecule has 0 unspecified atom stereocenters. The maximum Gasteiger partial charge on any atom is 0.103 e. The van der Waals surface area contributed by atoms with Crippen LogP contribution in [0.4, 0.5) is 0 Å². The third kappa shape index (κ3) is 2.72. The van der Waals surface area contributed by atoms with Gasteiger partial charge in [-0.05, 0) is 0 Å². The lowest BCUT2D eigenvalue weighted by Gasteiger charge is -2.05. The van der Waals surface area contributed by atoms with Crippen molar-refractivity contribution in [2.45, 2.75) is 0 Å². The van der Waals surface area contributed by atoms with Crippen LogP contribution in [0.1, 0.15) is 0 Å². The molecule has 0 saturated carbocycles. The molecule has 0 bridgehead atoms. The molecular formula is C6H7N2O2-. The van der Waals surface area contributed by atoms with Crippen LogP contribution < -0.4 is 5.11 Å². The number of carboxylic acid groups (broad SMARTS) is 1. The van der Waals surface area contributed by atoms with Gasteiger partial charge in [0.1, 0.15) is 6.07 Å². The monoisotopic (exact) mass is 139 g/mol. The number of hydrogen-bond donors (Lipinski definition) is 0. The molecule has 0 amide bonds. The highest BCUT2D eigenvalue weighted by molar-refractivity contribution is 5.89. The molecule has 0 aliphatic heterocycles. The average Bonchev–Trinajstić information content (AvgIpc) is 1.81. The summed E-state index contributed by atoms with van der Waals surface area (Å²) < 4.78 is 0. The summed E-state index contributed by atoms with van der Waals surface area (Å²) in [6.07, 6.45) is 1.19. The number of nitriles is 1. The lowest BCUT2D eigenvalue weighted by atomic mass is 10.3. The van der Waals surface area contributed by atoms with Gasteiger partial charge in [-0.3, -0.25) is 0 Å². The fourth-order valence-electron chi connectivity index (χ4n) is 0.385. The largest absolute Gasteiger partial charge is 0.544 e. The third-order valence-corrected chi connectivity index (χ3v) is 0.728. The van der Waals surface area contributed by atoms with Gasteiger partial charge in [0.15, 0.2) is 0 Å². The van der Waals surface area contributed by atoms with Crippen molar-refractivity contribution in [1.29, 1.82) is 5.26 Å². The second kappa shape index (κ2) is 3.51. The van der Waals surface area contributed by atoms with Crippen molar-refractivity contribution in [1.82, 2.24) is 4.90 Å². The van der Waals surface area contributed by atoms with Crippen molar-refractivity contribution in [2.24, 2.45) is 0 Å². The van der Waals surface area contributed by atoms with Crippen molar-refractivity contribution in [3.05, 3.63) is 11.8 Å². The van der Waals surface area contributed by atoms with E-state index in [1.54, 1.807) is 14.1 Å². The van der Waals surface area contributed by atoms with E-state index in [0.717, 1.165) is 0 Å². The summed E-state index contributed by atoms with van der Waals surface area (Å²) in [6, 6.07) is 1.49. The lowest BCUT2D eigenvalue weighted by molar-refractivity contribution is -0.298. The number of nitrogens with zero attached hydrogens (tertiary/aromatic N) is 2. The van der Waals surface area contributed by atoms with Gasteiger partial charge in [-0.2, -0.15) is 5.26 Å². The molecule has 0 spiro atoms. The number of carboxylic acids is 1. The van der Waals surface area contributed by atoms with E-state index in [9.17, 15) is 9.90 Å². The van der Waals surface area contributed by atoms with Crippen LogP contribution in [0.3, 0.4) is 0 Å². The summed E-state index contributed by atoms with van der Waals surface area (Å²) in [5.74, 6) is -1.45. The normalized spacial score (nSPS) is 10.3. The van der Waals surface area contributed by atoms with Crippen molar-refractivity contribution in [2.75, 3.05) is 14.1 Å². The number of aliphatic carboxylic acids is 1. The molecule has 0 aliphatic rings. The number of hydrogen-bond acceptors (Lipinski definition) is 4. The first-order chi connectivity index (χ1) is 4.57. The highest BCUT2D eigenvalue weighted by Gasteiger charge is 1.94. The maximum absolute atomic E-state index is 10.0.